The summed E-state index contributed by atoms with van der Waals surface area (Å²) in [6, 6.07) is 5.82. The van der Waals surface area contributed by atoms with Crippen LogP contribution >= 0.6 is 47.2 Å². The fourth-order valence-electron chi connectivity index (χ4n) is 2.97. The molecule has 158 valence electrons. The zero-order valence-electron chi connectivity index (χ0n) is 16.5. The number of amides is 1. The van der Waals surface area contributed by atoms with Crippen LogP contribution in [0.4, 0.5) is 4.79 Å². The third kappa shape index (κ3) is 7.15. The van der Waals surface area contributed by atoms with Crippen LogP contribution in [0, 0.1) is 0 Å². The van der Waals surface area contributed by atoms with Crippen molar-refractivity contribution >= 4 is 59.2 Å². The highest BCUT2D eigenvalue weighted by Gasteiger charge is 2.24. The standard InChI is InChI=1S/C19H28Cl2N4O2.HI/c1-4-27-18(26)25-9-7-14(8-10-25)24-17(22)23-12-19(2,3)13-5-6-15(20)16(21)11-13;/h5-6,11,14H,4,7-10,12H2,1-3H3,(H3,22,23,24);1H. The molecular formula is C19H29Cl2IN4O2. The zero-order chi connectivity index (χ0) is 20.0. The van der Waals surface area contributed by atoms with Gasteiger partial charge in [0.15, 0.2) is 5.96 Å². The number of likely N-dealkylation sites (tertiary alicyclic amines) is 1. The van der Waals surface area contributed by atoms with Crippen LogP contribution in [0.25, 0.3) is 0 Å². The summed E-state index contributed by atoms with van der Waals surface area (Å²) < 4.78 is 5.03. The monoisotopic (exact) mass is 542 g/mol. The van der Waals surface area contributed by atoms with Crippen LogP contribution in [-0.2, 0) is 10.2 Å². The van der Waals surface area contributed by atoms with E-state index < -0.39 is 0 Å². The minimum atomic E-state index is -0.249. The maximum absolute atomic E-state index is 11.7. The second kappa shape index (κ2) is 11.3. The van der Waals surface area contributed by atoms with Crippen molar-refractivity contribution in [2.45, 2.75) is 45.1 Å². The lowest BCUT2D eigenvalue weighted by Gasteiger charge is -2.32. The summed E-state index contributed by atoms with van der Waals surface area (Å²) in [4.78, 5) is 18.0. The molecular weight excluding hydrogens is 514 g/mol. The molecule has 0 bridgehead atoms. The second-order valence-electron chi connectivity index (χ2n) is 7.32. The number of nitrogens with one attached hydrogen (secondary N) is 1. The van der Waals surface area contributed by atoms with E-state index in [0.717, 1.165) is 18.4 Å². The van der Waals surface area contributed by atoms with Crippen LogP contribution < -0.4 is 11.1 Å². The number of hydrogen-bond donors (Lipinski definition) is 2. The highest BCUT2D eigenvalue weighted by Crippen LogP contribution is 2.30. The van der Waals surface area contributed by atoms with Crippen molar-refractivity contribution in [3.63, 3.8) is 0 Å². The summed E-state index contributed by atoms with van der Waals surface area (Å²) in [6.45, 7) is 8.19. The summed E-state index contributed by atoms with van der Waals surface area (Å²) in [5.41, 5.74) is 6.90. The smallest absolute Gasteiger partial charge is 0.409 e. The maximum Gasteiger partial charge on any atom is 0.409 e. The third-order valence-electron chi connectivity index (χ3n) is 4.72. The average Bonchev–Trinajstić information content (AvgIpc) is 2.63. The lowest BCUT2D eigenvalue weighted by molar-refractivity contribution is 0.0963. The predicted octanol–water partition coefficient (Wildman–Crippen LogP) is 4.41. The molecule has 1 aliphatic heterocycles. The van der Waals surface area contributed by atoms with Gasteiger partial charge in [0.05, 0.1) is 23.2 Å². The van der Waals surface area contributed by atoms with Crippen molar-refractivity contribution in [1.82, 2.24) is 10.2 Å². The van der Waals surface area contributed by atoms with Crippen molar-refractivity contribution in [2.24, 2.45) is 10.7 Å². The van der Waals surface area contributed by atoms with Gasteiger partial charge in [-0.15, -0.1) is 24.0 Å². The summed E-state index contributed by atoms with van der Waals surface area (Å²) in [7, 11) is 0. The van der Waals surface area contributed by atoms with E-state index in [4.69, 9.17) is 33.7 Å². The van der Waals surface area contributed by atoms with Gasteiger partial charge < -0.3 is 20.7 Å². The molecule has 0 saturated carbocycles. The molecule has 0 atom stereocenters. The van der Waals surface area contributed by atoms with Crippen molar-refractivity contribution in [3.05, 3.63) is 33.8 Å². The fourth-order valence-corrected chi connectivity index (χ4v) is 3.27. The summed E-state index contributed by atoms with van der Waals surface area (Å²) in [5, 5.41) is 4.33. The van der Waals surface area contributed by atoms with Crippen molar-refractivity contribution in [1.29, 1.82) is 0 Å². The maximum atomic E-state index is 11.7. The first-order valence-corrected chi connectivity index (χ1v) is 9.92. The van der Waals surface area contributed by atoms with Crippen molar-refractivity contribution < 1.29 is 9.53 Å². The molecule has 1 heterocycles. The van der Waals surface area contributed by atoms with Gasteiger partial charge in [-0.3, -0.25) is 4.99 Å². The van der Waals surface area contributed by atoms with Crippen LogP contribution in [-0.4, -0.2) is 49.2 Å². The van der Waals surface area contributed by atoms with Crippen LogP contribution in [0.1, 0.15) is 39.2 Å². The Morgan fingerprint density at radius 2 is 1.96 bits per heavy atom. The van der Waals surface area contributed by atoms with E-state index in [1.807, 2.05) is 19.1 Å². The number of carbonyl (C=O) groups excluding carboxylic acids is 1. The van der Waals surface area contributed by atoms with Gasteiger partial charge in [0, 0.05) is 24.5 Å². The topological polar surface area (TPSA) is 80.0 Å². The van der Waals surface area contributed by atoms with E-state index in [1.165, 1.54) is 0 Å². The minimum absolute atomic E-state index is 0. The first-order chi connectivity index (χ1) is 12.7. The van der Waals surface area contributed by atoms with Gasteiger partial charge in [0.1, 0.15) is 0 Å². The molecule has 28 heavy (non-hydrogen) atoms. The SMILES string of the molecule is CCOC(=O)N1CCC(NC(N)=NCC(C)(C)c2ccc(Cl)c(Cl)c2)CC1.I. The molecule has 1 aliphatic rings. The molecule has 2 rings (SSSR count). The van der Waals surface area contributed by atoms with E-state index in [0.29, 0.717) is 42.2 Å². The van der Waals surface area contributed by atoms with Gasteiger partial charge in [0.2, 0.25) is 0 Å². The van der Waals surface area contributed by atoms with E-state index >= 15 is 0 Å². The average molecular weight is 543 g/mol. The van der Waals surface area contributed by atoms with Crippen molar-refractivity contribution in [3.8, 4) is 0 Å². The number of halogens is 3. The Balaban J connectivity index is 0.00000392. The van der Waals surface area contributed by atoms with E-state index in [2.05, 4.69) is 24.2 Å². The molecule has 3 N–H and O–H groups in total. The molecule has 0 radical (unpaired) electrons. The summed E-state index contributed by atoms with van der Waals surface area (Å²) in [5.74, 6) is 0.415. The molecule has 1 aromatic carbocycles. The third-order valence-corrected chi connectivity index (χ3v) is 5.46. The van der Waals surface area contributed by atoms with Gasteiger partial charge >= 0.3 is 6.09 Å². The van der Waals surface area contributed by atoms with E-state index in [9.17, 15) is 4.79 Å². The Kier molecular flexibility index (Phi) is 10.1. The number of benzene rings is 1. The quantitative estimate of drug-likeness (QED) is 0.328. The van der Waals surface area contributed by atoms with E-state index in [1.54, 1.807) is 11.0 Å². The highest BCUT2D eigenvalue weighted by atomic mass is 127. The van der Waals surface area contributed by atoms with Crippen LogP contribution in [0.3, 0.4) is 0 Å². The summed E-state index contributed by atoms with van der Waals surface area (Å²) in [6.07, 6.45) is 1.37. The van der Waals surface area contributed by atoms with Gasteiger partial charge in [-0.2, -0.15) is 0 Å². The van der Waals surface area contributed by atoms with Crippen LogP contribution in [0.5, 0.6) is 0 Å². The molecule has 0 spiro atoms. The molecule has 0 aliphatic carbocycles. The number of ether oxygens (including phenoxy) is 1. The first kappa shape index (κ1) is 25.1. The predicted molar refractivity (Wildman–Crippen MR) is 126 cm³/mol. The lowest BCUT2D eigenvalue weighted by Crippen LogP contribution is -2.48. The number of carbonyl (C=O) groups is 1. The van der Waals surface area contributed by atoms with Gasteiger partial charge in [0.25, 0.3) is 0 Å². The normalized spacial score (nSPS) is 15.8. The number of rotatable bonds is 5. The molecule has 1 aromatic rings. The molecule has 1 amide bonds. The largest absolute Gasteiger partial charge is 0.450 e. The minimum Gasteiger partial charge on any atom is -0.450 e. The summed E-state index contributed by atoms with van der Waals surface area (Å²) >= 11 is 12.1. The van der Waals surface area contributed by atoms with Crippen LogP contribution in [0.15, 0.2) is 23.2 Å². The number of nitrogens with two attached hydrogens (primary N) is 1. The number of aliphatic imine (C=N–C) groups is 1. The Morgan fingerprint density at radius 1 is 1.32 bits per heavy atom. The van der Waals surface area contributed by atoms with Gasteiger partial charge in [-0.1, -0.05) is 43.1 Å². The number of nitrogens with zero attached hydrogens (tertiary/aromatic N) is 2. The van der Waals surface area contributed by atoms with Gasteiger partial charge in [-0.25, -0.2) is 4.79 Å². The number of guanidine groups is 1. The second-order valence-corrected chi connectivity index (χ2v) is 8.13. The number of hydrogen-bond acceptors (Lipinski definition) is 3. The Bertz CT molecular complexity index is 693. The van der Waals surface area contributed by atoms with Gasteiger partial charge in [-0.05, 0) is 37.5 Å². The molecule has 1 saturated heterocycles. The Hall–Kier alpha value is -0.930. The Labute approximate surface area is 194 Å². The zero-order valence-corrected chi connectivity index (χ0v) is 20.3. The van der Waals surface area contributed by atoms with Crippen LogP contribution in [0.2, 0.25) is 10.0 Å². The number of piperidine rings is 1. The Morgan fingerprint density at radius 3 is 2.54 bits per heavy atom. The first-order valence-electron chi connectivity index (χ1n) is 9.16. The molecule has 0 aromatic heterocycles. The van der Waals surface area contributed by atoms with Crippen molar-refractivity contribution in [2.75, 3.05) is 26.2 Å². The van der Waals surface area contributed by atoms with E-state index in [-0.39, 0.29) is 41.5 Å². The fraction of sp³-hybridized carbons (Fsp3) is 0.579. The molecule has 0 unspecified atom stereocenters. The molecule has 6 nitrogen and oxygen atoms in total. The molecule has 1 fully saturated rings. The lowest BCUT2D eigenvalue weighted by atomic mass is 9.85. The highest BCUT2D eigenvalue weighted by molar-refractivity contribution is 14.0. The molecule has 9 heteroatoms.